The fourth-order valence-electron chi connectivity index (χ4n) is 2.82. The lowest BCUT2D eigenvalue weighted by atomic mass is 10.1. The van der Waals surface area contributed by atoms with E-state index in [1.165, 1.54) is 30.5 Å². The van der Waals surface area contributed by atoms with Crippen LogP contribution in [0.1, 0.15) is 24.0 Å². The van der Waals surface area contributed by atoms with Gasteiger partial charge in [-0.05, 0) is 42.9 Å². The van der Waals surface area contributed by atoms with Gasteiger partial charge in [0.15, 0.2) is 0 Å². The van der Waals surface area contributed by atoms with Crippen LogP contribution < -0.4 is 5.32 Å². The monoisotopic (exact) mass is 264 g/mol. The summed E-state index contributed by atoms with van der Waals surface area (Å²) < 4.78 is 0. The molecule has 3 heteroatoms. The second-order valence-corrected chi connectivity index (χ2v) is 6.14. The molecule has 2 aliphatic rings. The van der Waals surface area contributed by atoms with Gasteiger partial charge in [0.2, 0.25) is 0 Å². The van der Waals surface area contributed by atoms with Gasteiger partial charge >= 0.3 is 0 Å². The smallest absolute Gasteiger partial charge is 0.0453 e. The normalized spacial score (nSPS) is 25.3. The number of halogens is 1. The molecule has 3 rings (SSSR count). The average molecular weight is 265 g/mol. The minimum atomic E-state index is 0.711. The number of nitrogens with zero attached hydrogens (tertiary/aromatic N) is 1. The quantitative estimate of drug-likeness (QED) is 0.903. The molecule has 2 fully saturated rings. The lowest BCUT2D eigenvalue weighted by Crippen LogP contribution is -2.51. The van der Waals surface area contributed by atoms with Gasteiger partial charge in [-0.2, -0.15) is 0 Å². The first kappa shape index (κ1) is 12.5. The van der Waals surface area contributed by atoms with Crippen molar-refractivity contribution in [2.75, 3.05) is 19.6 Å². The third-order valence-corrected chi connectivity index (χ3v) is 4.43. The van der Waals surface area contributed by atoms with E-state index >= 15 is 0 Å². The molecular formula is C15H21ClN2. The maximum atomic E-state index is 6.32. The minimum absolute atomic E-state index is 0.711. The summed E-state index contributed by atoms with van der Waals surface area (Å²) in [5.74, 6) is 0.932. The Kier molecular flexibility index (Phi) is 3.60. The first-order chi connectivity index (χ1) is 8.72. The molecule has 98 valence electrons. The summed E-state index contributed by atoms with van der Waals surface area (Å²) in [5.41, 5.74) is 2.50. The predicted octanol–water partition coefficient (Wildman–Crippen LogP) is 2.83. The van der Waals surface area contributed by atoms with Crippen molar-refractivity contribution in [1.29, 1.82) is 0 Å². The molecular weight excluding hydrogens is 244 g/mol. The fourth-order valence-corrected chi connectivity index (χ4v) is 3.12. The second kappa shape index (κ2) is 5.20. The maximum Gasteiger partial charge on any atom is 0.0453 e. The lowest BCUT2D eigenvalue weighted by Gasteiger charge is -2.34. The number of rotatable bonds is 3. The summed E-state index contributed by atoms with van der Waals surface area (Å²) in [5, 5.41) is 4.56. The van der Waals surface area contributed by atoms with E-state index in [-0.39, 0.29) is 0 Å². The molecule has 1 unspecified atom stereocenters. The van der Waals surface area contributed by atoms with Crippen molar-refractivity contribution in [3.8, 4) is 0 Å². The molecule has 1 aliphatic carbocycles. The van der Waals surface area contributed by atoms with E-state index < -0.39 is 0 Å². The molecule has 1 N–H and O–H groups in total. The van der Waals surface area contributed by atoms with Crippen LogP contribution in [0.25, 0.3) is 0 Å². The van der Waals surface area contributed by atoms with Crippen LogP contribution in [-0.4, -0.2) is 30.6 Å². The second-order valence-electron chi connectivity index (χ2n) is 5.73. The van der Waals surface area contributed by atoms with Crippen LogP contribution in [0, 0.1) is 12.8 Å². The van der Waals surface area contributed by atoms with Crippen molar-refractivity contribution < 1.29 is 0 Å². The summed E-state index contributed by atoms with van der Waals surface area (Å²) in [6.45, 7) is 6.50. The molecule has 1 aliphatic heterocycles. The van der Waals surface area contributed by atoms with Crippen LogP contribution in [0.15, 0.2) is 18.2 Å². The molecule has 1 heterocycles. The third-order valence-electron chi connectivity index (χ3n) is 4.08. The Hall–Kier alpha value is -0.570. The molecule has 1 aromatic rings. The van der Waals surface area contributed by atoms with Gasteiger partial charge in [0.25, 0.3) is 0 Å². The largest absolute Gasteiger partial charge is 0.311 e. The summed E-state index contributed by atoms with van der Waals surface area (Å²) in [7, 11) is 0. The highest BCUT2D eigenvalue weighted by Gasteiger charge is 2.33. The zero-order chi connectivity index (χ0) is 12.5. The molecule has 0 bridgehead atoms. The van der Waals surface area contributed by atoms with E-state index in [9.17, 15) is 0 Å². The molecule has 1 saturated carbocycles. The van der Waals surface area contributed by atoms with Crippen LogP contribution >= 0.6 is 11.6 Å². The van der Waals surface area contributed by atoms with Gasteiger partial charge in [0, 0.05) is 37.2 Å². The highest BCUT2D eigenvalue weighted by atomic mass is 35.5. The highest BCUT2D eigenvalue weighted by molar-refractivity contribution is 6.31. The summed E-state index contributed by atoms with van der Waals surface area (Å²) in [6, 6.07) is 7.11. The molecule has 0 aromatic heterocycles. The Morgan fingerprint density at radius 3 is 2.94 bits per heavy atom. The van der Waals surface area contributed by atoms with Gasteiger partial charge < -0.3 is 5.32 Å². The molecule has 0 radical (unpaired) electrons. The topological polar surface area (TPSA) is 15.3 Å². The Morgan fingerprint density at radius 2 is 2.22 bits per heavy atom. The first-order valence-corrected chi connectivity index (χ1v) is 7.31. The Morgan fingerprint density at radius 1 is 1.39 bits per heavy atom. The number of piperazine rings is 1. The van der Waals surface area contributed by atoms with Gasteiger partial charge in [0.1, 0.15) is 0 Å². The first-order valence-electron chi connectivity index (χ1n) is 6.93. The van der Waals surface area contributed by atoms with Crippen molar-refractivity contribution in [2.24, 2.45) is 5.92 Å². The summed E-state index contributed by atoms with van der Waals surface area (Å²) >= 11 is 6.32. The van der Waals surface area contributed by atoms with Crippen LogP contribution in [0.3, 0.4) is 0 Å². The minimum Gasteiger partial charge on any atom is -0.311 e. The van der Waals surface area contributed by atoms with E-state index in [2.05, 4.69) is 35.3 Å². The lowest BCUT2D eigenvalue weighted by molar-refractivity contribution is 0.181. The molecule has 0 amide bonds. The summed E-state index contributed by atoms with van der Waals surface area (Å²) in [6.07, 6.45) is 2.83. The molecule has 18 heavy (non-hydrogen) atoms. The number of hydrogen-bond donors (Lipinski definition) is 1. The highest BCUT2D eigenvalue weighted by Crippen LogP contribution is 2.34. The summed E-state index contributed by atoms with van der Waals surface area (Å²) in [4.78, 5) is 2.54. The van der Waals surface area contributed by atoms with Crippen LogP contribution in [0.2, 0.25) is 5.02 Å². The van der Waals surface area contributed by atoms with E-state index in [1.807, 2.05) is 0 Å². The Bertz CT molecular complexity index is 429. The third kappa shape index (κ3) is 2.87. The number of hydrogen-bond acceptors (Lipinski definition) is 2. The SMILES string of the molecule is Cc1ccc(CN2CCNC(C3CC3)C2)c(Cl)c1. The van der Waals surface area contributed by atoms with Gasteiger partial charge in [-0.1, -0.05) is 23.7 Å². The van der Waals surface area contributed by atoms with Gasteiger partial charge in [-0.3, -0.25) is 4.90 Å². The maximum absolute atomic E-state index is 6.32. The number of aryl methyl sites for hydroxylation is 1. The van der Waals surface area contributed by atoms with E-state index in [4.69, 9.17) is 11.6 Å². The standard InChI is InChI=1S/C15H21ClN2/c1-11-2-3-13(14(16)8-11)9-18-7-6-17-15(10-18)12-4-5-12/h2-3,8,12,15,17H,4-7,9-10H2,1H3. The number of nitrogens with one attached hydrogen (secondary N) is 1. The van der Waals surface area contributed by atoms with Gasteiger partial charge in [-0.25, -0.2) is 0 Å². The zero-order valence-corrected chi connectivity index (χ0v) is 11.7. The predicted molar refractivity (Wildman–Crippen MR) is 76.0 cm³/mol. The molecule has 1 saturated heterocycles. The molecule has 0 spiro atoms. The van der Waals surface area contributed by atoms with E-state index in [0.717, 1.165) is 30.6 Å². The van der Waals surface area contributed by atoms with E-state index in [1.54, 1.807) is 0 Å². The van der Waals surface area contributed by atoms with E-state index in [0.29, 0.717) is 6.04 Å². The van der Waals surface area contributed by atoms with Crippen molar-refractivity contribution in [3.63, 3.8) is 0 Å². The van der Waals surface area contributed by atoms with Crippen molar-refractivity contribution in [3.05, 3.63) is 34.3 Å². The average Bonchev–Trinajstić information content (AvgIpc) is 3.17. The van der Waals surface area contributed by atoms with Gasteiger partial charge in [0.05, 0.1) is 0 Å². The Labute approximate surface area is 114 Å². The zero-order valence-electron chi connectivity index (χ0n) is 11.0. The van der Waals surface area contributed by atoms with Crippen LogP contribution in [-0.2, 0) is 6.54 Å². The van der Waals surface area contributed by atoms with Crippen molar-refractivity contribution in [2.45, 2.75) is 32.4 Å². The number of benzene rings is 1. The molecule has 1 atom stereocenters. The molecule has 2 nitrogen and oxygen atoms in total. The Balaban J connectivity index is 1.64. The van der Waals surface area contributed by atoms with Gasteiger partial charge in [-0.15, -0.1) is 0 Å². The van der Waals surface area contributed by atoms with Crippen LogP contribution in [0.4, 0.5) is 0 Å². The fraction of sp³-hybridized carbons (Fsp3) is 0.600. The molecule has 1 aromatic carbocycles. The van der Waals surface area contributed by atoms with Crippen LogP contribution in [0.5, 0.6) is 0 Å². The van der Waals surface area contributed by atoms with Crippen molar-refractivity contribution in [1.82, 2.24) is 10.2 Å². The van der Waals surface area contributed by atoms with Crippen molar-refractivity contribution >= 4 is 11.6 Å².